The highest BCUT2D eigenvalue weighted by Crippen LogP contribution is 2.48. The largest absolute Gasteiger partial charge is 0.456 e. The first kappa shape index (κ1) is 38.1. The smallest absolute Gasteiger partial charge is 0.164 e. The minimum absolute atomic E-state index is 0.585. The zero-order chi connectivity index (χ0) is 44.7. The molecular weight excluding hydrogens is 829 g/mol. The van der Waals surface area contributed by atoms with Gasteiger partial charge < -0.3 is 8.98 Å². The van der Waals surface area contributed by atoms with Gasteiger partial charge in [0.15, 0.2) is 17.5 Å². The summed E-state index contributed by atoms with van der Waals surface area (Å²) in [5.41, 5.74) is 14.7. The van der Waals surface area contributed by atoms with Gasteiger partial charge in [0.25, 0.3) is 0 Å². The Hall–Kier alpha value is -9.19. The average molecular weight is 867 g/mol. The summed E-state index contributed by atoms with van der Waals surface area (Å²) < 4.78 is 9.11. The Labute approximate surface area is 391 Å². The molecule has 0 aliphatic rings. The minimum atomic E-state index is 0.585. The van der Waals surface area contributed by atoms with Crippen LogP contribution in [0.25, 0.3) is 139 Å². The summed E-state index contributed by atoms with van der Waals surface area (Å²) in [4.78, 5) is 15.5. The summed E-state index contributed by atoms with van der Waals surface area (Å²) in [6.45, 7) is 0. The molecule has 0 unspecified atom stereocenters. The molecule has 0 amide bonds. The Morgan fingerprint density at radius 3 is 1.59 bits per heavy atom. The van der Waals surface area contributed by atoms with Crippen LogP contribution in [-0.4, -0.2) is 19.5 Å². The number of nitrogens with zero attached hydrogens (tertiary/aromatic N) is 4. The highest BCUT2D eigenvalue weighted by atomic mass is 16.3. The van der Waals surface area contributed by atoms with Crippen molar-refractivity contribution in [2.45, 2.75) is 0 Å². The van der Waals surface area contributed by atoms with Gasteiger partial charge in [0, 0.05) is 49.3 Å². The lowest BCUT2D eigenvalue weighted by molar-refractivity contribution is 0.669. The lowest BCUT2D eigenvalue weighted by Crippen LogP contribution is -2.00. The van der Waals surface area contributed by atoms with Crippen molar-refractivity contribution in [3.63, 3.8) is 0 Å². The summed E-state index contributed by atoms with van der Waals surface area (Å²) in [6.07, 6.45) is 0. The van der Waals surface area contributed by atoms with Gasteiger partial charge in [-0.2, -0.15) is 0 Å². The molecule has 0 fully saturated rings. The number of fused-ring (bicyclic) bond motifs is 6. The molecule has 0 spiro atoms. The topological polar surface area (TPSA) is 56.7 Å². The third-order valence-electron chi connectivity index (χ3n) is 13.6. The Kier molecular flexibility index (Phi) is 8.52. The Morgan fingerprint density at radius 1 is 0.279 bits per heavy atom. The van der Waals surface area contributed by atoms with Gasteiger partial charge in [-0.15, -0.1) is 0 Å². The van der Waals surface area contributed by atoms with Crippen molar-refractivity contribution < 1.29 is 4.42 Å². The number of hydrogen-bond donors (Lipinski definition) is 0. The first-order valence-corrected chi connectivity index (χ1v) is 23.0. The second kappa shape index (κ2) is 15.2. The van der Waals surface area contributed by atoms with Crippen molar-refractivity contribution in [3.05, 3.63) is 231 Å². The zero-order valence-corrected chi connectivity index (χ0v) is 36.6. The maximum absolute atomic E-state index is 6.66. The highest BCUT2D eigenvalue weighted by Gasteiger charge is 2.24. The van der Waals surface area contributed by atoms with E-state index in [9.17, 15) is 0 Å². The SMILES string of the molecule is c1ccc(-c2ccc(-c3nc(-c4ccccc4)nc(-c4cccc5oc6ccc(-c7ccc8c9c7c7ccccc7c7cccc(c79)n8-c7cccc(-c8ccccc8)c7)cc6c45)n3)cc2)cc1. The van der Waals surface area contributed by atoms with Gasteiger partial charge in [0.2, 0.25) is 0 Å². The molecule has 11 aromatic carbocycles. The number of furan rings is 1. The van der Waals surface area contributed by atoms with E-state index in [4.69, 9.17) is 19.4 Å². The van der Waals surface area contributed by atoms with E-state index >= 15 is 0 Å². The lowest BCUT2D eigenvalue weighted by Gasteiger charge is -2.14. The summed E-state index contributed by atoms with van der Waals surface area (Å²) in [5.74, 6) is 1.80. The van der Waals surface area contributed by atoms with E-state index in [-0.39, 0.29) is 0 Å². The van der Waals surface area contributed by atoms with Gasteiger partial charge in [-0.3, -0.25) is 0 Å². The van der Waals surface area contributed by atoms with Crippen LogP contribution in [0.5, 0.6) is 0 Å². The lowest BCUT2D eigenvalue weighted by atomic mass is 9.89. The van der Waals surface area contributed by atoms with Crippen LogP contribution in [-0.2, 0) is 0 Å². The number of benzene rings is 11. The van der Waals surface area contributed by atoms with Crippen LogP contribution >= 0.6 is 0 Å². The van der Waals surface area contributed by atoms with Gasteiger partial charge >= 0.3 is 0 Å². The summed E-state index contributed by atoms with van der Waals surface area (Å²) in [7, 11) is 0. The predicted molar refractivity (Wildman–Crippen MR) is 280 cm³/mol. The Balaban J connectivity index is 0.972. The number of hydrogen-bond acceptors (Lipinski definition) is 4. The highest BCUT2D eigenvalue weighted by molar-refractivity contribution is 6.37. The van der Waals surface area contributed by atoms with E-state index in [0.29, 0.717) is 17.5 Å². The average Bonchev–Trinajstić information content (AvgIpc) is 3.97. The first-order valence-electron chi connectivity index (χ1n) is 23.0. The molecule has 68 heavy (non-hydrogen) atoms. The maximum atomic E-state index is 6.66. The second-order valence-electron chi connectivity index (χ2n) is 17.5. The molecule has 0 atom stereocenters. The molecule has 0 aliphatic heterocycles. The van der Waals surface area contributed by atoms with Crippen molar-refractivity contribution in [2.75, 3.05) is 0 Å². The summed E-state index contributed by atoms with van der Waals surface area (Å²) in [6, 6.07) is 81.6. The van der Waals surface area contributed by atoms with Crippen molar-refractivity contribution in [3.8, 4) is 73.2 Å². The van der Waals surface area contributed by atoms with Crippen LogP contribution in [0.2, 0.25) is 0 Å². The number of aromatic nitrogens is 4. The molecule has 3 heterocycles. The molecule has 316 valence electrons. The van der Waals surface area contributed by atoms with Crippen LogP contribution in [0.4, 0.5) is 0 Å². The Bertz CT molecular complexity index is 4230. The van der Waals surface area contributed by atoms with Crippen molar-refractivity contribution in [1.82, 2.24) is 19.5 Å². The van der Waals surface area contributed by atoms with E-state index in [0.717, 1.165) is 66.6 Å². The molecule has 14 aromatic rings. The van der Waals surface area contributed by atoms with Crippen molar-refractivity contribution in [1.29, 1.82) is 0 Å². The first-order chi connectivity index (χ1) is 33.7. The fourth-order valence-electron chi connectivity index (χ4n) is 10.5. The number of rotatable bonds is 7. The standard InChI is InChI=1S/C63H38N4O/c1-4-15-39(16-5-1)41-29-31-43(32-30-41)62-64-61(42-19-8-3-9-20-42)65-63(66-62)51-26-14-28-56-57(51)52-38-45(33-36-55(52)68-56)47-34-35-54-60-58(47)49-24-11-10-23-48(49)50-25-13-27-53(59(50)60)67(54)46-22-12-21-44(37-46)40-17-6-2-7-18-40/h1-38H. The van der Waals surface area contributed by atoms with E-state index < -0.39 is 0 Å². The van der Waals surface area contributed by atoms with Crippen molar-refractivity contribution in [2.24, 2.45) is 0 Å². The second-order valence-corrected chi connectivity index (χ2v) is 17.5. The molecule has 14 rings (SSSR count). The Morgan fingerprint density at radius 2 is 0.824 bits per heavy atom. The molecule has 0 radical (unpaired) electrons. The quantitative estimate of drug-likeness (QED) is 0.150. The van der Waals surface area contributed by atoms with E-state index in [1.54, 1.807) is 0 Å². The molecule has 0 N–H and O–H groups in total. The molecular formula is C63H38N4O. The van der Waals surface area contributed by atoms with Gasteiger partial charge in [-0.1, -0.05) is 188 Å². The molecule has 0 saturated heterocycles. The monoisotopic (exact) mass is 866 g/mol. The van der Waals surface area contributed by atoms with Gasteiger partial charge in [0.1, 0.15) is 11.2 Å². The summed E-state index contributed by atoms with van der Waals surface area (Å²) in [5, 5.41) is 9.46. The van der Waals surface area contributed by atoms with Gasteiger partial charge in [-0.05, 0) is 92.0 Å². The third-order valence-corrected chi connectivity index (χ3v) is 13.6. The molecule has 5 nitrogen and oxygen atoms in total. The summed E-state index contributed by atoms with van der Waals surface area (Å²) >= 11 is 0. The van der Waals surface area contributed by atoms with Gasteiger partial charge in [0.05, 0.1) is 11.0 Å². The molecule has 0 saturated carbocycles. The van der Waals surface area contributed by atoms with E-state index in [1.807, 2.05) is 48.5 Å². The predicted octanol–water partition coefficient (Wildman–Crippen LogP) is 16.6. The van der Waals surface area contributed by atoms with Gasteiger partial charge in [-0.25, -0.2) is 15.0 Å². The molecule has 0 bridgehead atoms. The molecule has 3 aromatic heterocycles. The van der Waals surface area contributed by atoms with Crippen LogP contribution in [0, 0.1) is 0 Å². The molecule has 0 aliphatic carbocycles. The maximum Gasteiger partial charge on any atom is 0.164 e. The fourth-order valence-corrected chi connectivity index (χ4v) is 10.5. The van der Waals surface area contributed by atoms with Crippen LogP contribution < -0.4 is 0 Å². The van der Waals surface area contributed by atoms with E-state index in [2.05, 4.69) is 187 Å². The van der Waals surface area contributed by atoms with Crippen LogP contribution in [0.3, 0.4) is 0 Å². The molecule has 5 heteroatoms. The van der Waals surface area contributed by atoms with Crippen LogP contribution in [0.1, 0.15) is 0 Å². The van der Waals surface area contributed by atoms with Crippen molar-refractivity contribution >= 4 is 65.3 Å². The van der Waals surface area contributed by atoms with Crippen LogP contribution in [0.15, 0.2) is 235 Å². The zero-order valence-electron chi connectivity index (χ0n) is 36.6. The fraction of sp³-hybridized carbons (Fsp3) is 0. The van der Waals surface area contributed by atoms with E-state index in [1.165, 1.54) is 54.5 Å². The third kappa shape index (κ3) is 5.99. The minimum Gasteiger partial charge on any atom is -0.456 e. The normalized spacial score (nSPS) is 11.8.